The molecule has 0 aromatic heterocycles. The maximum Gasteiger partial charge on any atom is 0.143 e. The van der Waals surface area contributed by atoms with Crippen molar-refractivity contribution in [2.24, 2.45) is 16.6 Å². The predicted molar refractivity (Wildman–Crippen MR) is 69.3 cm³/mol. The standard InChI is InChI=1S/C13H16ClFN2/c14-11-7-6-10(8-12(11)15)17-13(16)9-4-2-1-3-5-9/h6-9H,1-5H2,(H2,16,17). The zero-order valence-electron chi connectivity index (χ0n) is 9.63. The molecule has 0 radical (unpaired) electrons. The van der Waals surface area contributed by atoms with E-state index in [0.717, 1.165) is 12.8 Å². The molecule has 92 valence electrons. The van der Waals surface area contributed by atoms with Crippen LogP contribution in [0.1, 0.15) is 32.1 Å². The third-order valence-electron chi connectivity index (χ3n) is 3.18. The van der Waals surface area contributed by atoms with Crippen molar-refractivity contribution >= 4 is 23.1 Å². The first-order chi connectivity index (χ1) is 8.16. The Morgan fingerprint density at radius 2 is 2.00 bits per heavy atom. The van der Waals surface area contributed by atoms with Gasteiger partial charge in [-0.25, -0.2) is 9.38 Å². The van der Waals surface area contributed by atoms with E-state index >= 15 is 0 Å². The molecule has 0 bridgehead atoms. The number of amidine groups is 1. The third kappa shape index (κ3) is 3.19. The number of hydrogen-bond donors (Lipinski definition) is 1. The fourth-order valence-corrected chi connectivity index (χ4v) is 2.31. The van der Waals surface area contributed by atoms with Crippen LogP contribution >= 0.6 is 11.6 Å². The molecule has 4 heteroatoms. The summed E-state index contributed by atoms with van der Waals surface area (Å²) in [6.45, 7) is 0. The maximum atomic E-state index is 13.2. The molecule has 2 nitrogen and oxygen atoms in total. The summed E-state index contributed by atoms with van der Waals surface area (Å²) in [6, 6.07) is 4.50. The second-order valence-corrected chi connectivity index (χ2v) is 4.88. The van der Waals surface area contributed by atoms with Crippen molar-refractivity contribution < 1.29 is 4.39 Å². The summed E-state index contributed by atoms with van der Waals surface area (Å²) in [7, 11) is 0. The van der Waals surface area contributed by atoms with Gasteiger partial charge in [-0.05, 0) is 25.0 Å². The average Bonchev–Trinajstić information content (AvgIpc) is 2.35. The first-order valence-electron chi connectivity index (χ1n) is 5.96. The normalized spacial score (nSPS) is 18.4. The Labute approximate surface area is 106 Å². The van der Waals surface area contributed by atoms with Gasteiger partial charge in [-0.3, -0.25) is 0 Å². The quantitative estimate of drug-likeness (QED) is 0.628. The molecule has 1 fully saturated rings. The second-order valence-electron chi connectivity index (χ2n) is 4.47. The summed E-state index contributed by atoms with van der Waals surface area (Å²) in [5, 5.41) is 0.111. The van der Waals surface area contributed by atoms with Crippen molar-refractivity contribution in [3.63, 3.8) is 0 Å². The Hall–Kier alpha value is -1.09. The first kappa shape index (κ1) is 12.4. The molecule has 2 N–H and O–H groups in total. The largest absolute Gasteiger partial charge is 0.387 e. The molecule has 17 heavy (non-hydrogen) atoms. The van der Waals surface area contributed by atoms with E-state index in [1.165, 1.54) is 31.4 Å². The van der Waals surface area contributed by atoms with E-state index in [0.29, 0.717) is 17.4 Å². The van der Waals surface area contributed by atoms with Crippen molar-refractivity contribution in [2.75, 3.05) is 0 Å². The summed E-state index contributed by atoms with van der Waals surface area (Å²) in [5.41, 5.74) is 6.50. The monoisotopic (exact) mass is 254 g/mol. The lowest BCUT2D eigenvalue weighted by atomic mass is 9.88. The van der Waals surface area contributed by atoms with E-state index in [1.54, 1.807) is 6.07 Å². The Morgan fingerprint density at radius 3 is 2.65 bits per heavy atom. The van der Waals surface area contributed by atoms with Gasteiger partial charge in [0.2, 0.25) is 0 Å². The van der Waals surface area contributed by atoms with Crippen LogP contribution in [-0.2, 0) is 0 Å². The van der Waals surface area contributed by atoms with Gasteiger partial charge in [-0.2, -0.15) is 0 Å². The molecule has 1 aromatic rings. The van der Waals surface area contributed by atoms with Gasteiger partial charge in [0.1, 0.15) is 11.7 Å². The molecule has 0 atom stereocenters. The molecule has 0 heterocycles. The lowest BCUT2D eigenvalue weighted by Gasteiger charge is -2.20. The van der Waals surface area contributed by atoms with Gasteiger partial charge in [0, 0.05) is 12.0 Å². The van der Waals surface area contributed by atoms with Crippen LogP contribution in [0.3, 0.4) is 0 Å². The van der Waals surface area contributed by atoms with Crippen molar-refractivity contribution in [1.29, 1.82) is 0 Å². The predicted octanol–water partition coefficient (Wildman–Crippen LogP) is 4.05. The first-order valence-corrected chi connectivity index (χ1v) is 6.34. The highest BCUT2D eigenvalue weighted by atomic mass is 35.5. The topological polar surface area (TPSA) is 38.4 Å². The van der Waals surface area contributed by atoms with Crippen molar-refractivity contribution in [3.05, 3.63) is 29.0 Å². The van der Waals surface area contributed by atoms with Crippen molar-refractivity contribution in [1.82, 2.24) is 0 Å². The van der Waals surface area contributed by atoms with E-state index in [1.807, 2.05) is 0 Å². The molecular formula is C13H16ClFN2. The smallest absolute Gasteiger partial charge is 0.143 e. The Morgan fingerprint density at radius 1 is 1.29 bits per heavy atom. The summed E-state index contributed by atoms with van der Waals surface area (Å²) in [5.74, 6) is 0.512. The maximum absolute atomic E-state index is 13.2. The minimum atomic E-state index is -0.454. The molecule has 0 spiro atoms. The highest BCUT2D eigenvalue weighted by molar-refractivity contribution is 6.30. The summed E-state index contributed by atoms with van der Waals surface area (Å²) in [6.07, 6.45) is 5.86. The van der Waals surface area contributed by atoms with E-state index in [2.05, 4.69) is 4.99 Å². The number of benzene rings is 1. The summed E-state index contributed by atoms with van der Waals surface area (Å²) < 4.78 is 13.2. The lowest BCUT2D eigenvalue weighted by molar-refractivity contribution is 0.437. The van der Waals surface area contributed by atoms with E-state index in [4.69, 9.17) is 17.3 Å². The number of rotatable bonds is 2. The Bertz CT molecular complexity index is 425. The van der Waals surface area contributed by atoms with Crippen LogP contribution in [0.2, 0.25) is 5.02 Å². The highest BCUT2D eigenvalue weighted by Crippen LogP contribution is 2.26. The molecule has 1 aliphatic rings. The van der Waals surface area contributed by atoms with Crippen LogP contribution < -0.4 is 5.73 Å². The van der Waals surface area contributed by atoms with Gasteiger partial charge in [-0.15, -0.1) is 0 Å². The molecule has 0 unspecified atom stereocenters. The minimum absolute atomic E-state index is 0.111. The van der Waals surface area contributed by atoms with Crippen LogP contribution in [0.15, 0.2) is 23.2 Å². The number of nitrogens with two attached hydrogens (primary N) is 1. The van der Waals surface area contributed by atoms with Gasteiger partial charge in [0.05, 0.1) is 10.7 Å². The van der Waals surface area contributed by atoms with Gasteiger partial charge in [-0.1, -0.05) is 30.9 Å². The Balaban J connectivity index is 2.13. The fourth-order valence-electron chi connectivity index (χ4n) is 2.19. The van der Waals surface area contributed by atoms with Crippen LogP contribution in [-0.4, -0.2) is 5.84 Å². The highest BCUT2D eigenvalue weighted by Gasteiger charge is 2.16. The molecule has 2 rings (SSSR count). The SMILES string of the molecule is NC(=Nc1ccc(Cl)c(F)c1)C1CCCCC1. The molecule has 1 aromatic carbocycles. The van der Waals surface area contributed by atoms with Gasteiger partial charge >= 0.3 is 0 Å². The third-order valence-corrected chi connectivity index (χ3v) is 3.49. The average molecular weight is 255 g/mol. The minimum Gasteiger partial charge on any atom is -0.387 e. The van der Waals surface area contributed by atoms with Gasteiger partial charge in [0.25, 0.3) is 0 Å². The molecule has 0 aliphatic heterocycles. The van der Waals surface area contributed by atoms with Crippen molar-refractivity contribution in [3.8, 4) is 0 Å². The van der Waals surface area contributed by atoms with Gasteiger partial charge in [0.15, 0.2) is 0 Å². The summed E-state index contributed by atoms with van der Waals surface area (Å²) in [4.78, 5) is 4.28. The van der Waals surface area contributed by atoms with Crippen LogP contribution in [0.5, 0.6) is 0 Å². The number of nitrogens with zero attached hydrogens (tertiary/aromatic N) is 1. The number of hydrogen-bond acceptors (Lipinski definition) is 1. The molecular weight excluding hydrogens is 239 g/mol. The van der Waals surface area contributed by atoms with Crippen LogP contribution in [0, 0.1) is 11.7 Å². The molecule has 1 aliphatic carbocycles. The van der Waals surface area contributed by atoms with Gasteiger partial charge < -0.3 is 5.73 Å². The van der Waals surface area contributed by atoms with Crippen LogP contribution in [0.25, 0.3) is 0 Å². The Kier molecular flexibility index (Phi) is 4.00. The van der Waals surface area contributed by atoms with E-state index < -0.39 is 5.82 Å². The number of halogens is 2. The molecule has 0 saturated heterocycles. The van der Waals surface area contributed by atoms with Crippen molar-refractivity contribution in [2.45, 2.75) is 32.1 Å². The summed E-state index contributed by atoms with van der Waals surface area (Å²) >= 11 is 5.61. The van der Waals surface area contributed by atoms with Crippen LogP contribution in [0.4, 0.5) is 10.1 Å². The zero-order chi connectivity index (χ0) is 12.3. The number of aliphatic imine (C=N–C) groups is 1. The molecule has 1 saturated carbocycles. The van der Waals surface area contributed by atoms with E-state index in [9.17, 15) is 4.39 Å². The lowest BCUT2D eigenvalue weighted by Crippen LogP contribution is -2.25. The fraction of sp³-hybridized carbons (Fsp3) is 0.462. The second kappa shape index (κ2) is 5.50. The van der Waals surface area contributed by atoms with E-state index in [-0.39, 0.29) is 5.02 Å². The zero-order valence-corrected chi connectivity index (χ0v) is 10.4. The molecule has 0 amide bonds.